The number of piperidine rings is 1. The number of hydrogen-bond acceptors (Lipinski definition) is 4. The van der Waals surface area contributed by atoms with E-state index in [0.717, 1.165) is 12.8 Å². The van der Waals surface area contributed by atoms with Crippen molar-refractivity contribution in [3.63, 3.8) is 0 Å². The molecule has 1 saturated heterocycles. The lowest BCUT2D eigenvalue weighted by atomic mass is 10.0. The topological polar surface area (TPSA) is 81.2 Å². The lowest BCUT2D eigenvalue weighted by Crippen LogP contribution is -2.37. The minimum Gasteiger partial charge on any atom is -0.329 e. The fourth-order valence-corrected chi connectivity index (χ4v) is 3.53. The number of rotatable bonds is 4. The number of hydrogen-bond donors (Lipinski definition) is 1. The third-order valence-corrected chi connectivity index (χ3v) is 5.20. The minimum absolute atomic E-state index is 0.269. The predicted molar refractivity (Wildman–Crippen MR) is 68.4 cm³/mol. The molecule has 1 aliphatic rings. The van der Waals surface area contributed by atoms with Gasteiger partial charge in [-0.2, -0.15) is 9.40 Å². The molecule has 1 aromatic heterocycles. The zero-order valence-corrected chi connectivity index (χ0v) is 11.4. The molecule has 7 heteroatoms. The molecule has 1 aromatic rings. The van der Waals surface area contributed by atoms with Crippen molar-refractivity contribution in [3.8, 4) is 0 Å². The average molecular weight is 272 g/mol. The maximum absolute atomic E-state index is 12.4. The monoisotopic (exact) mass is 272 g/mol. The summed E-state index contributed by atoms with van der Waals surface area (Å²) in [7, 11) is -3.37. The van der Waals surface area contributed by atoms with Crippen molar-refractivity contribution in [2.45, 2.75) is 31.2 Å². The first kappa shape index (κ1) is 13.5. The minimum atomic E-state index is -3.37. The number of nitrogens with zero attached hydrogens (tertiary/aromatic N) is 3. The van der Waals surface area contributed by atoms with Gasteiger partial charge in [-0.05, 0) is 18.8 Å². The molecule has 1 fully saturated rings. The highest BCUT2D eigenvalue weighted by Gasteiger charge is 2.28. The maximum Gasteiger partial charge on any atom is 0.246 e. The Morgan fingerprint density at radius 1 is 1.44 bits per heavy atom. The van der Waals surface area contributed by atoms with E-state index < -0.39 is 10.0 Å². The third-order valence-electron chi connectivity index (χ3n) is 3.35. The van der Waals surface area contributed by atoms with Crippen LogP contribution in [0.3, 0.4) is 0 Å². The summed E-state index contributed by atoms with van der Waals surface area (Å²) in [6.07, 6.45) is 4.82. The molecule has 0 saturated carbocycles. The van der Waals surface area contributed by atoms with Gasteiger partial charge in [0.15, 0.2) is 0 Å². The van der Waals surface area contributed by atoms with Crippen LogP contribution in [0.1, 0.15) is 19.8 Å². The van der Waals surface area contributed by atoms with E-state index in [2.05, 4.69) is 12.0 Å². The molecule has 0 atom stereocenters. The quantitative estimate of drug-likeness (QED) is 0.852. The lowest BCUT2D eigenvalue weighted by Gasteiger charge is -2.28. The Morgan fingerprint density at radius 3 is 2.72 bits per heavy atom. The zero-order valence-electron chi connectivity index (χ0n) is 10.6. The van der Waals surface area contributed by atoms with E-state index in [9.17, 15) is 8.42 Å². The Labute approximate surface area is 108 Å². The van der Waals surface area contributed by atoms with Gasteiger partial charge in [0, 0.05) is 25.8 Å². The Hall–Kier alpha value is -0.920. The summed E-state index contributed by atoms with van der Waals surface area (Å²) in [5.41, 5.74) is 5.42. The fraction of sp³-hybridized carbons (Fsp3) is 0.727. The summed E-state index contributed by atoms with van der Waals surface area (Å²) in [4.78, 5) is 0.269. The van der Waals surface area contributed by atoms with Crippen molar-refractivity contribution in [2.24, 2.45) is 11.7 Å². The molecule has 2 rings (SSSR count). The van der Waals surface area contributed by atoms with Crippen LogP contribution in [0.4, 0.5) is 0 Å². The van der Waals surface area contributed by atoms with Gasteiger partial charge in [-0.15, -0.1) is 0 Å². The molecule has 1 aliphatic heterocycles. The molecule has 0 unspecified atom stereocenters. The van der Waals surface area contributed by atoms with Crippen LogP contribution in [0.2, 0.25) is 0 Å². The Kier molecular flexibility index (Phi) is 4.04. The highest BCUT2D eigenvalue weighted by molar-refractivity contribution is 7.89. The average Bonchev–Trinajstić information content (AvgIpc) is 2.79. The second kappa shape index (κ2) is 5.38. The SMILES string of the molecule is CC1CCN(S(=O)(=O)c2cnn(CCN)c2)CC1. The molecule has 0 spiro atoms. The molecule has 0 radical (unpaired) electrons. The standard InChI is InChI=1S/C11H20N4O2S/c1-10-2-5-15(6-3-10)18(16,17)11-8-13-14(9-11)7-4-12/h8-10H,2-7,12H2,1H3. The largest absolute Gasteiger partial charge is 0.329 e. The van der Waals surface area contributed by atoms with E-state index in [1.54, 1.807) is 15.2 Å². The second-order valence-electron chi connectivity index (χ2n) is 4.81. The summed E-state index contributed by atoms with van der Waals surface area (Å²) >= 11 is 0. The third kappa shape index (κ3) is 2.73. The van der Waals surface area contributed by atoms with Crippen molar-refractivity contribution < 1.29 is 8.42 Å². The van der Waals surface area contributed by atoms with Gasteiger partial charge < -0.3 is 5.73 Å². The van der Waals surface area contributed by atoms with Crippen LogP contribution in [-0.4, -0.2) is 42.1 Å². The molecule has 2 heterocycles. The summed E-state index contributed by atoms with van der Waals surface area (Å²) < 4.78 is 27.8. The van der Waals surface area contributed by atoms with Gasteiger partial charge in [-0.3, -0.25) is 4.68 Å². The highest BCUT2D eigenvalue weighted by atomic mass is 32.2. The van der Waals surface area contributed by atoms with Crippen LogP contribution in [0.15, 0.2) is 17.3 Å². The Bertz CT molecular complexity index is 489. The van der Waals surface area contributed by atoms with Crippen molar-refractivity contribution in [1.29, 1.82) is 0 Å². The van der Waals surface area contributed by atoms with Crippen molar-refractivity contribution in [2.75, 3.05) is 19.6 Å². The van der Waals surface area contributed by atoms with Gasteiger partial charge in [0.25, 0.3) is 0 Å². The number of nitrogens with two attached hydrogens (primary N) is 1. The molecule has 6 nitrogen and oxygen atoms in total. The molecule has 2 N–H and O–H groups in total. The molecule has 0 bridgehead atoms. The zero-order chi connectivity index (χ0) is 13.2. The smallest absolute Gasteiger partial charge is 0.246 e. The number of aromatic nitrogens is 2. The van der Waals surface area contributed by atoms with Gasteiger partial charge in [0.05, 0.1) is 12.7 Å². The van der Waals surface area contributed by atoms with Crippen LogP contribution in [0, 0.1) is 5.92 Å². The van der Waals surface area contributed by atoms with Crippen molar-refractivity contribution in [3.05, 3.63) is 12.4 Å². The molecule has 0 aromatic carbocycles. The van der Waals surface area contributed by atoms with Crippen LogP contribution >= 0.6 is 0 Å². The van der Waals surface area contributed by atoms with Crippen LogP contribution in [-0.2, 0) is 16.6 Å². The molecule has 102 valence electrons. The number of sulfonamides is 1. The maximum atomic E-state index is 12.4. The summed E-state index contributed by atoms with van der Waals surface area (Å²) in [5, 5.41) is 4.01. The first-order valence-corrected chi connectivity index (χ1v) is 7.70. The van der Waals surface area contributed by atoms with E-state index in [0.29, 0.717) is 32.1 Å². The molecule has 18 heavy (non-hydrogen) atoms. The summed E-state index contributed by atoms with van der Waals surface area (Å²) in [6, 6.07) is 0. The van der Waals surface area contributed by atoms with Gasteiger partial charge >= 0.3 is 0 Å². The van der Waals surface area contributed by atoms with E-state index in [4.69, 9.17) is 5.73 Å². The highest BCUT2D eigenvalue weighted by Crippen LogP contribution is 2.22. The predicted octanol–water partition coefficient (Wildman–Crippen LogP) is 0.262. The summed E-state index contributed by atoms with van der Waals surface area (Å²) in [5.74, 6) is 0.608. The molecular weight excluding hydrogens is 252 g/mol. The second-order valence-corrected chi connectivity index (χ2v) is 6.75. The van der Waals surface area contributed by atoms with Crippen molar-refractivity contribution >= 4 is 10.0 Å². The molecule has 0 aliphatic carbocycles. The normalized spacial score (nSPS) is 19.2. The van der Waals surface area contributed by atoms with Crippen LogP contribution < -0.4 is 5.73 Å². The van der Waals surface area contributed by atoms with Gasteiger partial charge in [0.2, 0.25) is 10.0 Å². The van der Waals surface area contributed by atoms with Crippen LogP contribution in [0.5, 0.6) is 0 Å². The fourth-order valence-electron chi connectivity index (χ4n) is 2.11. The van der Waals surface area contributed by atoms with Gasteiger partial charge in [0.1, 0.15) is 4.90 Å². The van der Waals surface area contributed by atoms with E-state index in [1.807, 2.05) is 0 Å². The summed E-state index contributed by atoms with van der Waals surface area (Å²) in [6.45, 7) is 4.34. The van der Waals surface area contributed by atoms with Crippen LogP contribution in [0.25, 0.3) is 0 Å². The first-order valence-electron chi connectivity index (χ1n) is 6.26. The van der Waals surface area contributed by atoms with Gasteiger partial charge in [-0.1, -0.05) is 6.92 Å². The Balaban J connectivity index is 2.14. The van der Waals surface area contributed by atoms with E-state index in [1.165, 1.54) is 6.20 Å². The Morgan fingerprint density at radius 2 is 2.11 bits per heavy atom. The van der Waals surface area contributed by atoms with Crippen molar-refractivity contribution in [1.82, 2.24) is 14.1 Å². The lowest BCUT2D eigenvalue weighted by molar-refractivity contribution is 0.288. The van der Waals surface area contributed by atoms with E-state index in [-0.39, 0.29) is 4.90 Å². The molecule has 0 amide bonds. The van der Waals surface area contributed by atoms with E-state index >= 15 is 0 Å². The molecular formula is C11H20N4O2S. The first-order chi connectivity index (χ1) is 8.54. The van der Waals surface area contributed by atoms with Gasteiger partial charge in [-0.25, -0.2) is 8.42 Å².